The van der Waals surface area contributed by atoms with E-state index < -0.39 is 0 Å². The highest BCUT2D eigenvalue weighted by Gasteiger charge is 2.18. The van der Waals surface area contributed by atoms with Crippen LogP contribution in [0, 0.1) is 0 Å². The molecule has 2 aliphatic heterocycles. The van der Waals surface area contributed by atoms with E-state index in [1.165, 1.54) is 25.7 Å². The van der Waals surface area contributed by atoms with E-state index in [2.05, 4.69) is 9.98 Å². The molecule has 0 aliphatic carbocycles. The number of hydrogen-bond acceptors (Lipinski definition) is 2. The van der Waals surface area contributed by atoms with Gasteiger partial charge in [0, 0.05) is 12.8 Å². The summed E-state index contributed by atoms with van der Waals surface area (Å²) in [4.78, 5) is 8.97. The van der Waals surface area contributed by atoms with Crippen LogP contribution >= 0.6 is 23.2 Å². The largest absolute Gasteiger partial charge is 0.274 e. The second kappa shape index (κ2) is 6.02. The van der Waals surface area contributed by atoms with Crippen molar-refractivity contribution in [1.82, 2.24) is 0 Å². The lowest BCUT2D eigenvalue weighted by molar-refractivity contribution is 0.458. The summed E-state index contributed by atoms with van der Waals surface area (Å²) in [5.74, 6) is 0. The minimum atomic E-state index is 0.428. The van der Waals surface area contributed by atoms with Gasteiger partial charge in [0.1, 0.15) is 10.3 Å². The fourth-order valence-corrected chi connectivity index (χ4v) is 2.97. The van der Waals surface area contributed by atoms with Crippen molar-refractivity contribution in [2.24, 2.45) is 9.98 Å². The molecule has 4 heteroatoms. The van der Waals surface area contributed by atoms with Gasteiger partial charge in [-0.1, -0.05) is 23.2 Å². The Bertz CT molecular complexity index is 269. The summed E-state index contributed by atoms with van der Waals surface area (Å²) in [6.07, 6.45) is 8.87. The average molecular weight is 261 g/mol. The van der Waals surface area contributed by atoms with Crippen molar-refractivity contribution in [3.8, 4) is 0 Å². The second-order valence-electron chi connectivity index (χ2n) is 4.68. The molecular formula is C12H18Cl2N2. The summed E-state index contributed by atoms with van der Waals surface area (Å²) < 4.78 is 0. The topological polar surface area (TPSA) is 24.7 Å². The van der Waals surface area contributed by atoms with Crippen LogP contribution in [0.3, 0.4) is 0 Å². The monoisotopic (exact) mass is 260 g/mol. The van der Waals surface area contributed by atoms with Gasteiger partial charge in [-0.05, 0) is 38.5 Å². The molecule has 2 atom stereocenters. The molecule has 90 valence electrons. The van der Waals surface area contributed by atoms with Crippen LogP contribution in [0.25, 0.3) is 0 Å². The first-order chi connectivity index (χ1) is 7.74. The fourth-order valence-electron chi connectivity index (χ4n) is 2.42. The maximum atomic E-state index is 5.96. The molecule has 0 spiro atoms. The molecule has 2 unspecified atom stereocenters. The molecule has 0 saturated heterocycles. The van der Waals surface area contributed by atoms with Gasteiger partial charge in [-0.2, -0.15) is 0 Å². The average Bonchev–Trinajstić information content (AvgIpc) is 2.27. The fraction of sp³-hybridized carbons (Fsp3) is 0.833. The maximum Gasteiger partial charge on any atom is 0.101 e. The molecule has 2 heterocycles. The quantitative estimate of drug-likeness (QED) is 0.729. The lowest BCUT2D eigenvalue weighted by Gasteiger charge is -2.21. The normalized spacial score (nSPS) is 30.9. The van der Waals surface area contributed by atoms with Gasteiger partial charge in [0.15, 0.2) is 0 Å². The van der Waals surface area contributed by atoms with Crippen molar-refractivity contribution in [3.63, 3.8) is 0 Å². The molecule has 0 fully saturated rings. The minimum absolute atomic E-state index is 0.428. The van der Waals surface area contributed by atoms with E-state index in [1.54, 1.807) is 0 Å². The third-order valence-electron chi connectivity index (χ3n) is 3.32. The van der Waals surface area contributed by atoms with Crippen LogP contribution in [0.5, 0.6) is 0 Å². The molecule has 0 amide bonds. The van der Waals surface area contributed by atoms with E-state index in [-0.39, 0.29) is 0 Å². The highest BCUT2D eigenvalue weighted by molar-refractivity contribution is 6.65. The lowest BCUT2D eigenvalue weighted by Crippen LogP contribution is -2.18. The number of aliphatic imine (C=N–C) groups is 2. The van der Waals surface area contributed by atoms with Crippen LogP contribution in [0.2, 0.25) is 0 Å². The molecule has 0 aromatic carbocycles. The highest BCUT2D eigenvalue weighted by atomic mass is 35.5. The SMILES string of the molecule is ClC1=NC(CCC2CCCC(Cl)=N2)CCC1. The predicted molar refractivity (Wildman–Crippen MR) is 71.1 cm³/mol. The lowest BCUT2D eigenvalue weighted by atomic mass is 9.96. The van der Waals surface area contributed by atoms with Gasteiger partial charge >= 0.3 is 0 Å². The molecular weight excluding hydrogens is 243 g/mol. The maximum absolute atomic E-state index is 5.96. The summed E-state index contributed by atoms with van der Waals surface area (Å²) in [5, 5.41) is 1.61. The predicted octanol–water partition coefficient (Wildman–Crippen LogP) is 4.15. The summed E-state index contributed by atoms with van der Waals surface area (Å²) >= 11 is 11.9. The third kappa shape index (κ3) is 3.74. The van der Waals surface area contributed by atoms with Crippen LogP contribution in [-0.2, 0) is 0 Å². The molecule has 16 heavy (non-hydrogen) atoms. The smallest absolute Gasteiger partial charge is 0.101 e. The Hall–Kier alpha value is -0.0800. The van der Waals surface area contributed by atoms with Crippen LogP contribution in [-0.4, -0.2) is 22.4 Å². The Labute approximate surface area is 107 Å². The van der Waals surface area contributed by atoms with Gasteiger partial charge in [0.25, 0.3) is 0 Å². The van der Waals surface area contributed by atoms with Gasteiger partial charge in [-0.3, -0.25) is 9.98 Å². The Morgan fingerprint density at radius 1 is 0.875 bits per heavy atom. The zero-order valence-corrected chi connectivity index (χ0v) is 11.0. The molecule has 0 N–H and O–H groups in total. The summed E-state index contributed by atoms with van der Waals surface area (Å²) in [6.45, 7) is 0. The van der Waals surface area contributed by atoms with Crippen molar-refractivity contribution in [3.05, 3.63) is 0 Å². The first-order valence-electron chi connectivity index (χ1n) is 6.18. The number of nitrogens with zero attached hydrogens (tertiary/aromatic N) is 2. The van der Waals surface area contributed by atoms with Gasteiger partial charge in [0.05, 0.1) is 12.1 Å². The van der Waals surface area contributed by atoms with Gasteiger partial charge in [0.2, 0.25) is 0 Å². The summed E-state index contributed by atoms with van der Waals surface area (Å²) in [6, 6.07) is 0.856. The van der Waals surface area contributed by atoms with Crippen molar-refractivity contribution in [2.75, 3.05) is 0 Å². The number of halogens is 2. The van der Waals surface area contributed by atoms with Gasteiger partial charge in [-0.15, -0.1) is 0 Å². The molecule has 2 rings (SSSR count). The zero-order valence-electron chi connectivity index (χ0n) is 9.46. The zero-order chi connectivity index (χ0) is 11.4. The Balaban J connectivity index is 1.78. The highest BCUT2D eigenvalue weighted by Crippen LogP contribution is 2.24. The van der Waals surface area contributed by atoms with E-state index >= 15 is 0 Å². The van der Waals surface area contributed by atoms with Crippen molar-refractivity contribution in [2.45, 2.75) is 63.5 Å². The second-order valence-corrected chi connectivity index (χ2v) is 5.55. The van der Waals surface area contributed by atoms with Crippen molar-refractivity contribution in [1.29, 1.82) is 0 Å². The molecule has 2 nitrogen and oxygen atoms in total. The van der Waals surface area contributed by atoms with Crippen molar-refractivity contribution >= 4 is 33.5 Å². The standard InChI is InChI=1S/C12H18Cl2N2/c13-11-5-1-3-9(15-11)7-8-10-4-2-6-12(14)16-10/h9-10H,1-8H2. The molecule has 0 saturated carbocycles. The van der Waals surface area contributed by atoms with E-state index in [0.717, 1.165) is 36.0 Å². The third-order valence-corrected chi connectivity index (χ3v) is 3.89. The molecule has 0 radical (unpaired) electrons. The first-order valence-corrected chi connectivity index (χ1v) is 6.94. The van der Waals surface area contributed by atoms with E-state index in [0.29, 0.717) is 12.1 Å². The minimum Gasteiger partial charge on any atom is -0.274 e. The summed E-state index contributed by atoms with van der Waals surface area (Å²) in [7, 11) is 0. The number of hydrogen-bond donors (Lipinski definition) is 0. The molecule has 0 aromatic rings. The van der Waals surface area contributed by atoms with Crippen LogP contribution < -0.4 is 0 Å². The van der Waals surface area contributed by atoms with E-state index in [4.69, 9.17) is 23.2 Å². The van der Waals surface area contributed by atoms with Crippen molar-refractivity contribution < 1.29 is 0 Å². The van der Waals surface area contributed by atoms with Crippen LogP contribution in [0.4, 0.5) is 0 Å². The molecule has 2 aliphatic rings. The van der Waals surface area contributed by atoms with Crippen LogP contribution in [0.1, 0.15) is 51.4 Å². The Morgan fingerprint density at radius 3 is 1.69 bits per heavy atom. The van der Waals surface area contributed by atoms with Gasteiger partial charge < -0.3 is 0 Å². The number of rotatable bonds is 3. The van der Waals surface area contributed by atoms with E-state index in [9.17, 15) is 0 Å². The first kappa shape index (κ1) is 12.4. The van der Waals surface area contributed by atoms with E-state index in [1.807, 2.05) is 0 Å². The Kier molecular flexibility index (Phi) is 4.66. The van der Waals surface area contributed by atoms with Crippen LogP contribution in [0.15, 0.2) is 9.98 Å². The molecule has 0 aromatic heterocycles. The van der Waals surface area contributed by atoms with Gasteiger partial charge in [-0.25, -0.2) is 0 Å². The Morgan fingerprint density at radius 2 is 1.31 bits per heavy atom. The summed E-state index contributed by atoms with van der Waals surface area (Å²) in [5.41, 5.74) is 0. The molecule has 0 bridgehead atoms.